The van der Waals surface area contributed by atoms with Crippen LogP contribution in [0.3, 0.4) is 0 Å². The molecule has 1 aromatic heterocycles. The van der Waals surface area contributed by atoms with Gasteiger partial charge < -0.3 is 15.2 Å². The zero-order valence-electron chi connectivity index (χ0n) is 16.8. The molecule has 0 saturated carbocycles. The average Bonchev–Trinajstić information content (AvgIpc) is 3.08. The van der Waals surface area contributed by atoms with Gasteiger partial charge in [0.1, 0.15) is 12.4 Å². The van der Waals surface area contributed by atoms with Crippen LogP contribution in [0.4, 0.5) is 5.69 Å². The number of anilines is 1. The topological polar surface area (TPSA) is 76.0 Å². The van der Waals surface area contributed by atoms with Crippen molar-refractivity contribution in [3.8, 4) is 0 Å². The molecule has 3 aromatic rings. The van der Waals surface area contributed by atoms with Crippen LogP contribution in [0.15, 0.2) is 53.4 Å². The Morgan fingerprint density at radius 2 is 1.93 bits per heavy atom. The van der Waals surface area contributed by atoms with Crippen LogP contribution in [0.1, 0.15) is 25.6 Å². The Labute approximate surface area is 175 Å². The fourth-order valence-electron chi connectivity index (χ4n) is 3.14. The molecule has 0 saturated heterocycles. The van der Waals surface area contributed by atoms with Gasteiger partial charge in [-0.05, 0) is 43.0 Å². The van der Waals surface area contributed by atoms with Crippen LogP contribution in [0, 0.1) is 0 Å². The Balaban J connectivity index is 1.72. The second kappa shape index (κ2) is 10.1. The van der Waals surface area contributed by atoms with Crippen LogP contribution >= 0.6 is 11.8 Å². The van der Waals surface area contributed by atoms with E-state index in [1.54, 1.807) is 11.8 Å². The van der Waals surface area contributed by atoms with Crippen molar-refractivity contribution in [3.05, 3.63) is 54.4 Å². The first-order valence-electron chi connectivity index (χ1n) is 9.75. The fraction of sp³-hybridized carbons (Fsp3) is 0.318. The standard InChI is InChI=1S/C22H26N4O2S/c1-3-21(27)23-13-7-12-20-25-18-10-4-5-11-19(18)26(20)15-22(28)24-16-8-6-9-17(14-16)29-2/h4-6,8-11,14H,3,7,12-13,15H2,1-2H3,(H,23,27)(H,24,28). The molecule has 2 amide bonds. The second-order valence-corrected chi connectivity index (χ2v) is 7.57. The molecule has 0 unspecified atom stereocenters. The summed E-state index contributed by atoms with van der Waals surface area (Å²) in [6.45, 7) is 2.63. The smallest absolute Gasteiger partial charge is 0.244 e. The van der Waals surface area contributed by atoms with Crippen LogP contribution < -0.4 is 10.6 Å². The summed E-state index contributed by atoms with van der Waals surface area (Å²) >= 11 is 1.64. The van der Waals surface area contributed by atoms with Crippen molar-refractivity contribution in [2.24, 2.45) is 0 Å². The van der Waals surface area contributed by atoms with E-state index in [0.717, 1.165) is 33.9 Å². The molecule has 0 aliphatic rings. The summed E-state index contributed by atoms with van der Waals surface area (Å²) in [4.78, 5) is 29.9. The maximum absolute atomic E-state index is 12.7. The molecule has 1 heterocycles. The van der Waals surface area contributed by atoms with Gasteiger partial charge in [-0.2, -0.15) is 0 Å². The maximum Gasteiger partial charge on any atom is 0.244 e. The van der Waals surface area contributed by atoms with Crippen molar-refractivity contribution in [2.45, 2.75) is 37.6 Å². The normalized spacial score (nSPS) is 10.8. The Hall–Kier alpha value is -2.80. The molecule has 152 valence electrons. The summed E-state index contributed by atoms with van der Waals surface area (Å²) in [5.41, 5.74) is 2.60. The summed E-state index contributed by atoms with van der Waals surface area (Å²) in [5, 5.41) is 5.86. The van der Waals surface area contributed by atoms with Crippen LogP contribution in [0.2, 0.25) is 0 Å². The molecule has 0 aliphatic heterocycles. The van der Waals surface area contributed by atoms with Gasteiger partial charge in [-0.15, -0.1) is 11.8 Å². The zero-order valence-corrected chi connectivity index (χ0v) is 17.6. The van der Waals surface area contributed by atoms with Gasteiger partial charge in [0.25, 0.3) is 0 Å². The zero-order chi connectivity index (χ0) is 20.6. The first-order valence-corrected chi connectivity index (χ1v) is 11.0. The number of rotatable bonds is 9. The minimum atomic E-state index is -0.0908. The molecule has 0 fully saturated rings. The minimum Gasteiger partial charge on any atom is -0.356 e. The number of aromatic nitrogens is 2. The first-order chi connectivity index (χ1) is 14.1. The van der Waals surface area contributed by atoms with Crippen LogP contribution in [0.5, 0.6) is 0 Å². The Morgan fingerprint density at radius 3 is 2.72 bits per heavy atom. The SMILES string of the molecule is CCC(=O)NCCCc1nc2ccccc2n1CC(=O)Nc1cccc(SC)c1. The molecule has 2 N–H and O–H groups in total. The number of benzene rings is 2. The van der Waals surface area contributed by atoms with E-state index in [1.807, 2.05) is 66.3 Å². The highest BCUT2D eigenvalue weighted by molar-refractivity contribution is 7.98. The number of para-hydroxylation sites is 2. The molecule has 0 aliphatic carbocycles. The third-order valence-electron chi connectivity index (χ3n) is 4.61. The van der Waals surface area contributed by atoms with E-state index in [0.29, 0.717) is 19.4 Å². The molecular weight excluding hydrogens is 384 g/mol. The summed E-state index contributed by atoms with van der Waals surface area (Å²) in [7, 11) is 0. The minimum absolute atomic E-state index is 0.0466. The van der Waals surface area contributed by atoms with Gasteiger partial charge in [0.2, 0.25) is 11.8 Å². The molecule has 7 heteroatoms. The molecule has 29 heavy (non-hydrogen) atoms. The van der Waals surface area contributed by atoms with Gasteiger partial charge in [0, 0.05) is 30.0 Å². The number of amides is 2. The number of nitrogens with zero attached hydrogens (tertiary/aromatic N) is 2. The number of aryl methyl sites for hydroxylation is 1. The number of hydrogen-bond donors (Lipinski definition) is 2. The third kappa shape index (κ3) is 5.60. The van der Waals surface area contributed by atoms with E-state index in [-0.39, 0.29) is 18.4 Å². The lowest BCUT2D eigenvalue weighted by atomic mass is 10.2. The van der Waals surface area contributed by atoms with Crippen LogP contribution in [0.25, 0.3) is 11.0 Å². The number of fused-ring (bicyclic) bond motifs is 1. The van der Waals surface area contributed by atoms with E-state index >= 15 is 0 Å². The molecule has 3 rings (SSSR count). The summed E-state index contributed by atoms with van der Waals surface area (Å²) in [6.07, 6.45) is 3.95. The van der Waals surface area contributed by atoms with E-state index in [4.69, 9.17) is 4.98 Å². The number of carbonyl (C=O) groups excluding carboxylic acids is 2. The molecule has 0 radical (unpaired) electrons. The second-order valence-electron chi connectivity index (χ2n) is 6.69. The van der Waals surface area contributed by atoms with Gasteiger partial charge >= 0.3 is 0 Å². The maximum atomic E-state index is 12.7. The highest BCUT2D eigenvalue weighted by atomic mass is 32.2. The largest absolute Gasteiger partial charge is 0.356 e. The quantitative estimate of drug-likeness (QED) is 0.415. The fourth-order valence-corrected chi connectivity index (χ4v) is 3.60. The molecule has 0 spiro atoms. The number of hydrogen-bond acceptors (Lipinski definition) is 4. The van der Waals surface area contributed by atoms with Crippen molar-refractivity contribution in [3.63, 3.8) is 0 Å². The lowest BCUT2D eigenvalue weighted by Gasteiger charge is -2.11. The summed E-state index contributed by atoms with van der Waals surface area (Å²) < 4.78 is 1.96. The Morgan fingerprint density at radius 1 is 1.10 bits per heavy atom. The summed E-state index contributed by atoms with van der Waals surface area (Å²) in [5.74, 6) is 0.808. The lowest BCUT2D eigenvalue weighted by molar-refractivity contribution is -0.120. The van der Waals surface area contributed by atoms with Crippen molar-refractivity contribution in [2.75, 3.05) is 18.1 Å². The van der Waals surface area contributed by atoms with E-state index in [1.165, 1.54) is 0 Å². The number of thioether (sulfide) groups is 1. The molecule has 6 nitrogen and oxygen atoms in total. The van der Waals surface area contributed by atoms with Gasteiger partial charge in [0.15, 0.2) is 0 Å². The van der Waals surface area contributed by atoms with Crippen LogP contribution in [-0.4, -0.2) is 34.2 Å². The van der Waals surface area contributed by atoms with E-state index in [2.05, 4.69) is 10.6 Å². The Bertz CT molecular complexity index is 999. The van der Waals surface area contributed by atoms with Crippen molar-refractivity contribution in [1.29, 1.82) is 0 Å². The number of carbonyl (C=O) groups is 2. The molecule has 0 bridgehead atoms. The van der Waals surface area contributed by atoms with E-state index in [9.17, 15) is 9.59 Å². The molecular formula is C22H26N4O2S. The number of imidazole rings is 1. The summed E-state index contributed by atoms with van der Waals surface area (Å²) in [6, 6.07) is 15.6. The van der Waals surface area contributed by atoms with Gasteiger partial charge in [0.05, 0.1) is 11.0 Å². The average molecular weight is 411 g/mol. The van der Waals surface area contributed by atoms with Gasteiger partial charge in [-0.1, -0.05) is 25.1 Å². The predicted octanol–water partition coefficient (Wildman–Crippen LogP) is 3.86. The monoisotopic (exact) mass is 410 g/mol. The Kier molecular flexibility index (Phi) is 7.30. The van der Waals surface area contributed by atoms with E-state index < -0.39 is 0 Å². The van der Waals surface area contributed by atoms with Crippen molar-refractivity contribution < 1.29 is 9.59 Å². The van der Waals surface area contributed by atoms with Gasteiger partial charge in [-0.3, -0.25) is 9.59 Å². The predicted molar refractivity (Wildman–Crippen MR) is 118 cm³/mol. The highest BCUT2D eigenvalue weighted by Gasteiger charge is 2.14. The highest BCUT2D eigenvalue weighted by Crippen LogP contribution is 2.20. The molecule has 2 aromatic carbocycles. The lowest BCUT2D eigenvalue weighted by Crippen LogP contribution is -2.24. The van der Waals surface area contributed by atoms with Crippen molar-refractivity contribution >= 4 is 40.3 Å². The van der Waals surface area contributed by atoms with Crippen molar-refractivity contribution in [1.82, 2.24) is 14.9 Å². The van der Waals surface area contributed by atoms with Gasteiger partial charge in [-0.25, -0.2) is 4.98 Å². The third-order valence-corrected chi connectivity index (χ3v) is 5.33. The number of nitrogens with one attached hydrogen (secondary N) is 2. The molecule has 0 atom stereocenters. The first kappa shape index (κ1) is 20.9. The van der Waals surface area contributed by atoms with Crippen LogP contribution in [-0.2, 0) is 22.6 Å².